The zero-order valence-electron chi connectivity index (χ0n) is 10.8. The number of nitrogens with zero attached hydrogens (tertiary/aromatic N) is 2. The van der Waals surface area contributed by atoms with E-state index in [-0.39, 0.29) is 18.2 Å². The molecule has 0 spiro atoms. The Bertz CT molecular complexity index is 547. The quantitative estimate of drug-likeness (QED) is 0.864. The van der Waals surface area contributed by atoms with E-state index in [0.717, 1.165) is 17.8 Å². The van der Waals surface area contributed by atoms with E-state index < -0.39 is 10.0 Å². The third-order valence-corrected chi connectivity index (χ3v) is 5.60. The average molecular weight is 303 g/mol. The number of hydrogen-bond acceptors (Lipinski definition) is 5. The molecule has 1 fully saturated rings. The number of amides is 1. The van der Waals surface area contributed by atoms with Gasteiger partial charge in [-0.3, -0.25) is 4.79 Å². The second-order valence-electron chi connectivity index (χ2n) is 4.43. The second-order valence-corrected chi connectivity index (χ2v) is 7.58. The van der Waals surface area contributed by atoms with Gasteiger partial charge in [0.1, 0.15) is 5.69 Å². The van der Waals surface area contributed by atoms with Gasteiger partial charge < -0.3 is 5.32 Å². The number of rotatable bonds is 5. The first-order chi connectivity index (χ1) is 8.99. The summed E-state index contributed by atoms with van der Waals surface area (Å²) in [6, 6.07) is 0. The molecule has 1 aliphatic heterocycles. The first kappa shape index (κ1) is 14.4. The predicted molar refractivity (Wildman–Crippen MR) is 73.8 cm³/mol. The van der Waals surface area contributed by atoms with Gasteiger partial charge in [-0.2, -0.15) is 0 Å². The Balaban J connectivity index is 1.81. The molecule has 0 aliphatic carbocycles. The summed E-state index contributed by atoms with van der Waals surface area (Å²) >= 11 is 1.39. The summed E-state index contributed by atoms with van der Waals surface area (Å²) in [5.74, 6) is -0.372. The van der Waals surface area contributed by atoms with Gasteiger partial charge in [0.25, 0.3) is 5.91 Å². The largest absolute Gasteiger partial charge is 0.350 e. The molecule has 8 heteroatoms. The van der Waals surface area contributed by atoms with Gasteiger partial charge in [0.05, 0.1) is 10.8 Å². The van der Waals surface area contributed by atoms with Gasteiger partial charge in [0, 0.05) is 25.0 Å². The number of aromatic nitrogens is 1. The Morgan fingerprint density at radius 2 is 2.16 bits per heavy atom. The molecule has 1 amide bonds. The molecular weight excluding hydrogens is 286 g/mol. The minimum atomic E-state index is -3.23. The molecule has 106 valence electrons. The Morgan fingerprint density at radius 1 is 1.47 bits per heavy atom. The molecule has 0 aromatic carbocycles. The molecular formula is C11H17N3O3S2. The fourth-order valence-electron chi connectivity index (χ4n) is 1.95. The van der Waals surface area contributed by atoms with E-state index in [1.807, 2.05) is 6.92 Å². The molecule has 0 saturated carbocycles. The van der Waals surface area contributed by atoms with Crippen LogP contribution in [0.4, 0.5) is 0 Å². The molecule has 1 aliphatic rings. The summed E-state index contributed by atoms with van der Waals surface area (Å²) in [5, 5.41) is 5.07. The summed E-state index contributed by atoms with van der Waals surface area (Å²) in [6.45, 7) is 3.14. The minimum Gasteiger partial charge on any atom is -0.350 e. The smallest absolute Gasteiger partial charge is 0.270 e. The normalized spacial score (nSPS) is 16.7. The van der Waals surface area contributed by atoms with Crippen LogP contribution in [0, 0.1) is 6.92 Å². The van der Waals surface area contributed by atoms with Crippen LogP contribution < -0.4 is 5.32 Å². The minimum absolute atomic E-state index is 0.0537. The Labute approximate surface area is 116 Å². The highest BCUT2D eigenvalue weighted by Crippen LogP contribution is 2.12. The van der Waals surface area contributed by atoms with E-state index in [4.69, 9.17) is 0 Å². The summed E-state index contributed by atoms with van der Waals surface area (Å²) in [4.78, 5) is 15.7. The number of sulfonamides is 1. The van der Waals surface area contributed by atoms with Gasteiger partial charge in [0.2, 0.25) is 10.0 Å². The van der Waals surface area contributed by atoms with E-state index in [0.29, 0.717) is 18.8 Å². The highest BCUT2D eigenvalue weighted by molar-refractivity contribution is 7.89. The summed E-state index contributed by atoms with van der Waals surface area (Å²) in [7, 11) is -3.23. The second kappa shape index (κ2) is 5.98. The number of thiazole rings is 1. The van der Waals surface area contributed by atoms with Crippen LogP contribution in [0.2, 0.25) is 0 Å². The molecule has 0 atom stereocenters. The van der Waals surface area contributed by atoms with Crippen LogP contribution in [0.5, 0.6) is 0 Å². The average Bonchev–Trinajstić information content (AvgIpc) is 2.99. The van der Waals surface area contributed by atoms with E-state index >= 15 is 0 Å². The fourth-order valence-corrected chi connectivity index (χ4v) is 3.97. The maximum atomic E-state index is 11.9. The number of carbonyl (C=O) groups is 1. The first-order valence-corrected chi connectivity index (χ1v) is 8.66. The van der Waals surface area contributed by atoms with Crippen molar-refractivity contribution in [2.24, 2.45) is 0 Å². The maximum absolute atomic E-state index is 11.9. The zero-order valence-corrected chi connectivity index (χ0v) is 12.4. The van der Waals surface area contributed by atoms with Crippen molar-refractivity contribution in [1.82, 2.24) is 14.6 Å². The van der Waals surface area contributed by atoms with Crippen LogP contribution in [-0.4, -0.2) is 49.0 Å². The monoisotopic (exact) mass is 303 g/mol. The molecule has 1 N–H and O–H groups in total. The first-order valence-electron chi connectivity index (χ1n) is 6.17. The Morgan fingerprint density at radius 3 is 2.74 bits per heavy atom. The Kier molecular flexibility index (Phi) is 4.54. The van der Waals surface area contributed by atoms with Crippen molar-refractivity contribution in [3.8, 4) is 0 Å². The molecule has 6 nitrogen and oxygen atoms in total. The highest BCUT2D eigenvalue weighted by atomic mass is 32.2. The summed E-state index contributed by atoms with van der Waals surface area (Å²) in [6.07, 6.45) is 1.84. The SMILES string of the molecule is Cc1nc(C(=O)NCCS(=O)(=O)N2CCCC2)cs1. The molecule has 0 bridgehead atoms. The predicted octanol–water partition coefficient (Wildman–Crippen LogP) is 0.607. The van der Waals surface area contributed by atoms with Gasteiger partial charge in [-0.15, -0.1) is 11.3 Å². The molecule has 0 unspecified atom stereocenters. The molecule has 1 saturated heterocycles. The van der Waals surface area contributed by atoms with Crippen molar-refractivity contribution in [2.75, 3.05) is 25.4 Å². The van der Waals surface area contributed by atoms with Crippen LogP contribution in [0.25, 0.3) is 0 Å². The van der Waals surface area contributed by atoms with Crippen molar-refractivity contribution in [1.29, 1.82) is 0 Å². The van der Waals surface area contributed by atoms with Gasteiger partial charge in [-0.25, -0.2) is 17.7 Å². The standard InChI is InChI=1S/C11H17N3O3S2/c1-9-13-10(8-18-9)11(15)12-4-7-19(16,17)14-5-2-3-6-14/h8H,2-7H2,1H3,(H,12,15). The lowest BCUT2D eigenvalue weighted by molar-refractivity contribution is 0.0951. The van der Waals surface area contributed by atoms with Crippen LogP contribution in [-0.2, 0) is 10.0 Å². The number of carbonyl (C=O) groups excluding carboxylic acids is 1. The topological polar surface area (TPSA) is 79.4 Å². The van der Waals surface area contributed by atoms with Crippen molar-refractivity contribution in [3.05, 3.63) is 16.1 Å². The third kappa shape index (κ3) is 3.74. The summed E-state index contributed by atoms with van der Waals surface area (Å²) in [5.41, 5.74) is 0.348. The third-order valence-electron chi connectivity index (χ3n) is 2.96. The van der Waals surface area contributed by atoms with Gasteiger partial charge >= 0.3 is 0 Å². The lowest BCUT2D eigenvalue weighted by Crippen LogP contribution is -2.36. The molecule has 19 heavy (non-hydrogen) atoms. The molecule has 1 aromatic heterocycles. The molecule has 2 heterocycles. The maximum Gasteiger partial charge on any atom is 0.270 e. The lowest BCUT2D eigenvalue weighted by atomic mass is 10.4. The van der Waals surface area contributed by atoms with Crippen molar-refractivity contribution >= 4 is 27.3 Å². The van der Waals surface area contributed by atoms with Crippen molar-refractivity contribution in [3.63, 3.8) is 0 Å². The van der Waals surface area contributed by atoms with Crippen LogP contribution >= 0.6 is 11.3 Å². The van der Waals surface area contributed by atoms with Gasteiger partial charge in [-0.1, -0.05) is 0 Å². The van der Waals surface area contributed by atoms with E-state index in [1.165, 1.54) is 15.6 Å². The van der Waals surface area contributed by atoms with Crippen LogP contribution in [0.15, 0.2) is 5.38 Å². The highest BCUT2D eigenvalue weighted by Gasteiger charge is 2.24. The van der Waals surface area contributed by atoms with E-state index in [9.17, 15) is 13.2 Å². The van der Waals surface area contributed by atoms with Crippen LogP contribution in [0.1, 0.15) is 28.3 Å². The fraction of sp³-hybridized carbons (Fsp3) is 0.636. The molecule has 1 aromatic rings. The molecule has 2 rings (SSSR count). The summed E-state index contributed by atoms with van der Waals surface area (Å²) < 4.78 is 25.3. The van der Waals surface area contributed by atoms with Crippen molar-refractivity contribution in [2.45, 2.75) is 19.8 Å². The molecule has 0 radical (unpaired) electrons. The van der Waals surface area contributed by atoms with Crippen molar-refractivity contribution < 1.29 is 13.2 Å². The Hall–Kier alpha value is -0.990. The number of nitrogens with one attached hydrogen (secondary N) is 1. The zero-order chi connectivity index (χ0) is 13.9. The number of aryl methyl sites for hydroxylation is 1. The van der Waals surface area contributed by atoms with Crippen LogP contribution in [0.3, 0.4) is 0 Å². The van der Waals surface area contributed by atoms with Gasteiger partial charge in [0.15, 0.2) is 0 Å². The van der Waals surface area contributed by atoms with E-state index in [2.05, 4.69) is 10.3 Å². The van der Waals surface area contributed by atoms with E-state index in [1.54, 1.807) is 5.38 Å². The lowest BCUT2D eigenvalue weighted by Gasteiger charge is -2.15. The van der Waals surface area contributed by atoms with Gasteiger partial charge in [-0.05, 0) is 19.8 Å². The number of hydrogen-bond donors (Lipinski definition) is 1.